The number of halogens is 3. The monoisotopic (exact) mass is 453 g/mol. The molecular formula is C24H22F3N5O. The van der Waals surface area contributed by atoms with Gasteiger partial charge in [-0.1, -0.05) is 0 Å². The lowest BCUT2D eigenvalue weighted by atomic mass is 9.95. The number of hydrogen-bond acceptors (Lipinski definition) is 3. The van der Waals surface area contributed by atoms with Crippen molar-refractivity contribution < 1.29 is 18.0 Å². The first-order valence-corrected chi connectivity index (χ1v) is 10.6. The van der Waals surface area contributed by atoms with Crippen LogP contribution in [0.4, 0.5) is 13.2 Å². The van der Waals surface area contributed by atoms with E-state index in [9.17, 15) is 18.0 Å². The second-order valence-electron chi connectivity index (χ2n) is 8.48. The summed E-state index contributed by atoms with van der Waals surface area (Å²) in [5, 5.41) is 4.56. The van der Waals surface area contributed by atoms with Crippen LogP contribution in [0.3, 0.4) is 0 Å². The third kappa shape index (κ3) is 3.21. The molecular weight excluding hydrogens is 431 g/mol. The van der Waals surface area contributed by atoms with Crippen molar-refractivity contribution in [2.75, 3.05) is 6.54 Å². The molecule has 0 radical (unpaired) electrons. The molecule has 1 aliphatic rings. The van der Waals surface area contributed by atoms with Gasteiger partial charge in [0.25, 0.3) is 5.91 Å². The van der Waals surface area contributed by atoms with E-state index in [4.69, 9.17) is 0 Å². The summed E-state index contributed by atoms with van der Waals surface area (Å²) in [4.78, 5) is 19.8. The van der Waals surface area contributed by atoms with Gasteiger partial charge in [0, 0.05) is 42.3 Å². The summed E-state index contributed by atoms with van der Waals surface area (Å²) < 4.78 is 44.6. The largest absolute Gasteiger partial charge is 0.330 e. The number of fused-ring (bicyclic) bond motifs is 2. The molecule has 0 bridgehead atoms. The second-order valence-corrected chi connectivity index (χ2v) is 8.48. The fourth-order valence-electron chi connectivity index (χ4n) is 4.79. The normalized spacial score (nSPS) is 15.8. The summed E-state index contributed by atoms with van der Waals surface area (Å²) in [5.74, 6) is -4.16. The standard InChI is InChI=1S/C24H22F3N5O/c1-12-9-13(2)31-7-6-17(23(31)28-12)24(33)32-8-5-16-21(14(32)3)29-30(4)22(16)15-10-18(25)20(27)19(26)11-15/h6-7,9-11,14H,5,8H2,1-4H3/t14-/m0/s1. The number of nitrogens with zero attached hydrogens (tertiary/aromatic N) is 5. The van der Waals surface area contributed by atoms with Crippen LogP contribution < -0.4 is 0 Å². The molecule has 4 heterocycles. The van der Waals surface area contributed by atoms with E-state index in [2.05, 4.69) is 10.1 Å². The van der Waals surface area contributed by atoms with E-state index in [0.29, 0.717) is 35.6 Å². The average Bonchev–Trinajstić information content (AvgIpc) is 3.33. The molecule has 0 saturated carbocycles. The predicted molar refractivity (Wildman–Crippen MR) is 116 cm³/mol. The third-order valence-corrected chi connectivity index (χ3v) is 6.33. The lowest BCUT2D eigenvalue weighted by Gasteiger charge is -2.32. The Bertz CT molecular complexity index is 1410. The van der Waals surface area contributed by atoms with Gasteiger partial charge in [0.2, 0.25) is 0 Å². The van der Waals surface area contributed by atoms with E-state index in [1.54, 1.807) is 18.0 Å². The Hall–Kier alpha value is -3.62. The smallest absolute Gasteiger partial charge is 0.258 e. The van der Waals surface area contributed by atoms with Gasteiger partial charge >= 0.3 is 0 Å². The zero-order chi connectivity index (χ0) is 23.6. The summed E-state index contributed by atoms with van der Waals surface area (Å²) in [5.41, 5.74) is 5.11. The summed E-state index contributed by atoms with van der Waals surface area (Å²) in [6, 6.07) is 5.31. The molecule has 9 heteroatoms. The van der Waals surface area contributed by atoms with Gasteiger partial charge in [0.15, 0.2) is 17.5 Å². The predicted octanol–water partition coefficient (Wildman–Crippen LogP) is 4.53. The van der Waals surface area contributed by atoms with Gasteiger partial charge in [-0.3, -0.25) is 9.48 Å². The van der Waals surface area contributed by atoms with Crippen LogP contribution in [-0.2, 0) is 13.5 Å². The highest BCUT2D eigenvalue weighted by Gasteiger charge is 2.34. The van der Waals surface area contributed by atoms with Gasteiger partial charge in [-0.15, -0.1) is 0 Å². The summed E-state index contributed by atoms with van der Waals surface area (Å²) >= 11 is 0. The number of carbonyl (C=O) groups is 1. The molecule has 0 spiro atoms. The molecule has 6 nitrogen and oxygen atoms in total. The van der Waals surface area contributed by atoms with E-state index in [1.165, 1.54) is 4.68 Å². The molecule has 0 saturated heterocycles. The Balaban J connectivity index is 1.54. The van der Waals surface area contributed by atoms with E-state index in [1.807, 2.05) is 37.4 Å². The topological polar surface area (TPSA) is 55.4 Å². The van der Waals surface area contributed by atoms with Crippen LogP contribution in [0.25, 0.3) is 16.9 Å². The molecule has 1 aliphatic heterocycles. The number of benzene rings is 1. The zero-order valence-corrected chi connectivity index (χ0v) is 18.7. The fraction of sp³-hybridized carbons (Fsp3) is 0.292. The maximum atomic E-state index is 13.9. The lowest BCUT2D eigenvalue weighted by molar-refractivity contribution is 0.0675. The van der Waals surface area contributed by atoms with Crippen LogP contribution in [0.15, 0.2) is 30.5 Å². The van der Waals surface area contributed by atoms with E-state index < -0.39 is 17.5 Å². The molecule has 0 fully saturated rings. The first-order chi connectivity index (χ1) is 15.7. The van der Waals surface area contributed by atoms with Crippen molar-refractivity contribution in [3.63, 3.8) is 0 Å². The minimum atomic E-state index is -1.50. The highest BCUT2D eigenvalue weighted by molar-refractivity contribution is 6.00. The molecule has 1 aromatic carbocycles. The summed E-state index contributed by atoms with van der Waals surface area (Å²) in [6.45, 7) is 6.13. The van der Waals surface area contributed by atoms with Crippen LogP contribution in [-0.4, -0.2) is 36.5 Å². The molecule has 3 aromatic heterocycles. The SMILES string of the molecule is Cc1cc(C)n2ccc(C(=O)N3CCc4c(nn(C)c4-c4cc(F)c(F)c(F)c4)[C@@H]3C)c2n1. The van der Waals surface area contributed by atoms with Crippen LogP contribution in [0, 0.1) is 31.3 Å². The van der Waals surface area contributed by atoms with E-state index in [0.717, 1.165) is 29.1 Å². The van der Waals surface area contributed by atoms with Crippen molar-refractivity contribution in [1.82, 2.24) is 24.1 Å². The highest BCUT2D eigenvalue weighted by atomic mass is 19.2. The van der Waals surface area contributed by atoms with Gasteiger partial charge in [-0.2, -0.15) is 5.10 Å². The fourth-order valence-corrected chi connectivity index (χ4v) is 4.79. The van der Waals surface area contributed by atoms with E-state index in [-0.39, 0.29) is 17.5 Å². The average molecular weight is 453 g/mol. The maximum absolute atomic E-state index is 13.9. The van der Waals surface area contributed by atoms with Crippen molar-refractivity contribution in [2.24, 2.45) is 7.05 Å². The Labute approximate surface area is 188 Å². The molecule has 1 amide bonds. The molecule has 0 aliphatic carbocycles. The van der Waals surface area contributed by atoms with Crippen molar-refractivity contribution in [3.8, 4) is 11.3 Å². The van der Waals surface area contributed by atoms with Crippen LogP contribution in [0.5, 0.6) is 0 Å². The number of aryl methyl sites for hydroxylation is 3. The number of hydrogen-bond donors (Lipinski definition) is 0. The number of rotatable bonds is 2. The molecule has 0 N–H and O–H groups in total. The zero-order valence-electron chi connectivity index (χ0n) is 18.7. The molecule has 4 aromatic rings. The molecule has 0 unspecified atom stereocenters. The van der Waals surface area contributed by atoms with Gasteiger partial charge < -0.3 is 9.30 Å². The van der Waals surface area contributed by atoms with Crippen molar-refractivity contribution >= 4 is 11.6 Å². The number of carbonyl (C=O) groups excluding carboxylic acids is 1. The maximum Gasteiger partial charge on any atom is 0.258 e. The summed E-state index contributed by atoms with van der Waals surface area (Å²) in [6.07, 6.45) is 2.29. The first kappa shape index (κ1) is 21.2. The number of amides is 1. The molecule has 33 heavy (non-hydrogen) atoms. The molecule has 5 rings (SSSR count). The van der Waals surface area contributed by atoms with Crippen molar-refractivity contribution in [1.29, 1.82) is 0 Å². The second kappa shape index (κ2) is 7.47. The first-order valence-electron chi connectivity index (χ1n) is 10.6. The summed E-state index contributed by atoms with van der Waals surface area (Å²) in [7, 11) is 1.67. The van der Waals surface area contributed by atoms with Gasteiger partial charge in [-0.05, 0) is 51.5 Å². The minimum absolute atomic E-state index is 0.153. The van der Waals surface area contributed by atoms with Crippen molar-refractivity contribution in [2.45, 2.75) is 33.2 Å². The Morgan fingerprint density at radius 2 is 1.82 bits per heavy atom. The van der Waals surface area contributed by atoms with Crippen LogP contribution in [0.2, 0.25) is 0 Å². The molecule has 170 valence electrons. The van der Waals surface area contributed by atoms with Crippen LogP contribution >= 0.6 is 0 Å². The Kier molecular flexibility index (Phi) is 4.81. The Morgan fingerprint density at radius 1 is 1.12 bits per heavy atom. The lowest BCUT2D eigenvalue weighted by Crippen LogP contribution is -2.39. The quantitative estimate of drug-likeness (QED) is 0.419. The molecule has 1 atom stereocenters. The minimum Gasteiger partial charge on any atom is -0.330 e. The van der Waals surface area contributed by atoms with Crippen molar-refractivity contribution in [3.05, 3.63) is 76.1 Å². The van der Waals surface area contributed by atoms with Crippen LogP contribution in [0.1, 0.15) is 46.0 Å². The highest BCUT2D eigenvalue weighted by Crippen LogP contribution is 2.37. The van der Waals surface area contributed by atoms with Gasteiger partial charge in [0.1, 0.15) is 5.65 Å². The van der Waals surface area contributed by atoms with E-state index >= 15 is 0 Å². The van der Waals surface area contributed by atoms with Gasteiger partial charge in [0.05, 0.1) is 23.0 Å². The van der Waals surface area contributed by atoms with Gasteiger partial charge in [-0.25, -0.2) is 18.2 Å². The third-order valence-electron chi connectivity index (χ3n) is 6.33. The number of aromatic nitrogens is 4. The Morgan fingerprint density at radius 3 is 2.52 bits per heavy atom.